The van der Waals surface area contributed by atoms with Crippen molar-refractivity contribution in [2.24, 2.45) is 0 Å². The van der Waals surface area contributed by atoms with Gasteiger partial charge in [0, 0.05) is 17.9 Å². The molecule has 2 atom stereocenters. The molecule has 0 aromatic carbocycles. The Hall–Kier alpha value is -1.47. The highest BCUT2D eigenvalue weighted by molar-refractivity contribution is 7.91. The van der Waals surface area contributed by atoms with Crippen molar-refractivity contribution in [3.63, 3.8) is 0 Å². The molecule has 1 N–H and O–H groups in total. The zero-order valence-electron chi connectivity index (χ0n) is 13.4. The summed E-state index contributed by atoms with van der Waals surface area (Å²) in [4.78, 5) is 18.7. The number of amides is 1. The van der Waals surface area contributed by atoms with E-state index in [1.807, 2.05) is 6.92 Å². The van der Waals surface area contributed by atoms with Crippen LogP contribution >= 0.6 is 0 Å². The molecule has 0 spiro atoms. The second-order valence-electron chi connectivity index (χ2n) is 6.51. The molecule has 0 aliphatic carbocycles. The summed E-state index contributed by atoms with van der Waals surface area (Å²) < 4.78 is 24.1. The van der Waals surface area contributed by atoms with Crippen LogP contribution < -0.4 is 5.32 Å². The van der Waals surface area contributed by atoms with Crippen LogP contribution in [0.3, 0.4) is 0 Å². The molecule has 2 fully saturated rings. The third kappa shape index (κ3) is 3.90. The second kappa shape index (κ2) is 6.57. The van der Waals surface area contributed by atoms with Crippen LogP contribution in [0, 0.1) is 6.92 Å². The summed E-state index contributed by atoms with van der Waals surface area (Å²) in [6.07, 6.45) is 4.92. The molecule has 0 saturated carbocycles. The number of hydrogen-bond donors (Lipinski definition) is 1. The van der Waals surface area contributed by atoms with Crippen molar-refractivity contribution < 1.29 is 13.2 Å². The molecule has 2 aliphatic heterocycles. The summed E-state index contributed by atoms with van der Waals surface area (Å²) in [6, 6.07) is 3.05. The number of hydrogen-bond acceptors (Lipinski definition) is 5. The second-order valence-corrected chi connectivity index (χ2v) is 8.66. The van der Waals surface area contributed by atoms with E-state index in [0.717, 1.165) is 31.6 Å². The highest BCUT2D eigenvalue weighted by Gasteiger charge is 2.41. The Bertz CT molecular complexity index is 666. The van der Waals surface area contributed by atoms with Crippen LogP contribution in [-0.4, -0.2) is 60.9 Å². The molecule has 1 amide bonds. The molecule has 2 saturated heterocycles. The number of rotatable bonds is 3. The molecule has 126 valence electrons. The van der Waals surface area contributed by atoms with Crippen molar-refractivity contribution >= 4 is 15.7 Å². The van der Waals surface area contributed by atoms with Gasteiger partial charge in [0.1, 0.15) is 0 Å². The number of nitrogens with zero attached hydrogens (tertiary/aromatic N) is 2. The maximum absolute atomic E-state index is 12.4. The Morgan fingerprint density at radius 2 is 1.96 bits per heavy atom. The topological polar surface area (TPSA) is 79.4 Å². The summed E-state index contributed by atoms with van der Waals surface area (Å²) >= 11 is 0. The molecular formula is C16H23N3O3S. The average Bonchev–Trinajstić information content (AvgIpc) is 2.83. The van der Waals surface area contributed by atoms with Gasteiger partial charge in [-0.3, -0.25) is 14.7 Å². The first-order valence-corrected chi connectivity index (χ1v) is 9.95. The Morgan fingerprint density at radius 1 is 1.22 bits per heavy atom. The molecular weight excluding hydrogens is 314 g/mol. The Balaban J connectivity index is 1.73. The number of carbonyl (C=O) groups is 1. The molecule has 6 nitrogen and oxygen atoms in total. The number of likely N-dealkylation sites (tertiary alicyclic amines) is 1. The number of piperidine rings is 1. The Kier molecular flexibility index (Phi) is 4.68. The molecule has 2 aliphatic rings. The van der Waals surface area contributed by atoms with Crippen LogP contribution in [0.4, 0.5) is 0 Å². The first-order valence-electron chi connectivity index (χ1n) is 8.13. The minimum atomic E-state index is -3.10. The van der Waals surface area contributed by atoms with Crippen molar-refractivity contribution in [2.45, 2.75) is 38.3 Å². The SMILES string of the molecule is Cc1ccc(C(=O)N[C@@H]2CS(=O)(=O)C[C@H]2N2CCCCC2)cn1. The maximum Gasteiger partial charge on any atom is 0.253 e. The van der Waals surface area contributed by atoms with E-state index in [9.17, 15) is 13.2 Å². The summed E-state index contributed by atoms with van der Waals surface area (Å²) in [5, 5.41) is 2.92. The highest BCUT2D eigenvalue weighted by Crippen LogP contribution is 2.22. The van der Waals surface area contributed by atoms with Crippen molar-refractivity contribution in [3.8, 4) is 0 Å². The van der Waals surface area contributed by atoms with Gasteiger partial charge in [-0.1, -0.05) is 6.42 Å². The molecule has 0 radical (unpaired) electrons. The number of aromatic nitrogens is 1. The summed E-state index contributed by atoms with van der Waals surface area (Å²) in [7, 11) is -3.10. The van der Waals surface area contributed by atoms with Gasteiger partial charge in [0.2, 0.25) is 0 Å². The lowest BCUT2D eigenvalue weighted by atomic mass is 10.0. The molecule has 3 heterocycles. The first-order chi connectivity index (χ1) is 10.9. The number of nitrogens with one attached hydrogen (secondary N) is 1. The normalized spacial score (nSPS) is 27.7. The van der Waals surface area contributed by atoms with Crippen molar-refractivity contribution in [2.75, 3.05) is 24.6 Å². The van der Waals surface area contributed by atoms with Crippen molar-refractivity contribution in [1.29, 1.82) is 0 Å². The quantitative estimate of drug-likeness (QED) is 0.881. The monoisotopic (exact) mass is 337 g/mol. The van der Waals surface area contributed by atoms with E-state index in [0.29, 0.717) is 5.56 Å². The average molecular weight is 337 g/mol. The zero-order chi connectivity index (χ0) is 16.4. The number of aryl methyl sites for hydroxylation is 1. The lowest BCUT2D eigenvalue weighted by Gasteiger charge is -2.35. The van der Waals surface area contributed by atoms with Gasteiger partial charge in [0.25, 0.3) is 5.91 Å². The molecule has 7 heteroatoms. The number of sulfone groups is 1. The van der Waals surface area contributed by atoms with Crippen LogP contribution in [-0.2, 0) is 9.84 Å². The fourth-order valence-electron chi connectivity index (χ4n) is 3.43. The van der Waals surface area contributed by atoms with Crippen LogP contribution in [0.25, 0.3) is 0 Å². The number of pyridine rings is 1. The standard InChI is InChI=1S/C16H23N3O3S/c1-12-5-6-13(9-17-12)16(20)18-14-10-23(21,22)11-15(14)19-7-3-2-4-8-19/h5-6,9,14-15H,2-4,7-8,10-11H2,1H3,(H,18,20)/t14-,15-/m1/s1. The molecule has 1 aromatic heterocycles. The van der Waals surface area contributed by atoms with Crippen LogP contribution in [0.1, 0.15) is 35.3 Å². The molecule has 23 heavy (non-hydrogen) atoms. The van der Waals surface area contributed by atoms with Gasteiger partial charge in [0.15, 0.2) is 9.84 Å². The highest BCUT2D eigenvalue weighted by atomic mass is 32.2. The summed E-state index contributed by atoms with van der Waals surface area (Å²) in [6.45, 7) is 3.69. The minimum absolute atomic E-state index is 0.0270. The van der Waals surface area contributed by atoms with E-state index >= 15 is 0 Å². The van der Waals surface area contributed by atoms with Gasteiger partial charge < -0.3 is 5.32 Å². The first kappa shape index (κ1) is 16.4. The van der Waals surface area contributed by atoms with Crippen LogP contribution in [0.2, 0.25) is 0 Å². The van der Waals surface area contributed by atoms with Gasteiger partial charge in [-0.15, -0.1) is 0 Å². The molecule has 1 aromatic rings. The third-order valence-electron chi connectivity index (χ3n) is 4.67. The van der Waals surface area contributed by atoms with Gasteiger partial charge in [0.05, 0.1) is 23.1 Å². The third-order valence-corrected chi connectivity index (χ3v) is 6.39. The Labute approximate surface area is 137 Å². The smallest absolute Gasteiger partial charge is 0.253 e. The van der Waals surface area contributed by atoms with Gasteiger partial charge in [-0.25, -0.2) is 8.42 Å². The molecule has 0 bridgehead atoms. The predicted octanol–water partition coefficient (Wildman–Crippen LogP) is 0.771. The van der Waals surface area contributed by atoms with Crippen molar-refractivity contribution in [1.82, 2.24) is 15.2 Å². The number of carbonyl (C=O) groups excluding carboxylic acids is 1. The van der Waals surface area contributed by atoms with E-state index in [4.69, 9.17) is 0 Å². The summed E-state index contributed by atoms with van der Waals surface area (Å²) in [5.41, 5.74) is 1.31. The van der Waals surface area contributed by atoms with Gasteiger partial charge >= 0.3 is 0 Å². The van der Waals surface area contributed by atoms with E-state index < -0.39 is 9.84 Å². The fourth-order valence-corrected chi connectivity index (χ4v) is 5.38. The molecule has 3 rings (SSSR count). The van der Waals surface area contributed by atoms with E-state index in [1.165, 1.54) is 12.6 Å². The van der Waals surface area contributed by atoms with E-state index in [-0.39, 0.29) is 29.5 Å². The largest absolute Gasteiger partial charge is 0.347 e. The van der Waals surface area contributed by atoms with Gasteiger partial charge in [-0.05, 0) is 45.0 Å². The maximum atomic E-state index is 12.4. The summed E-state index contributed by atoms with van der Waals surface area (Å²) in [5.74, 6) is -0.0786. The van der Waals surface area contributed by atoms with Crippen molar-refractivity contribution in [3.05, 3.63) is 29.6 Å². The minimum Gasteiger partial charge on any atom is -0.347 e. The van der Waals surface area contributed by atoms with Gasteiger partial charge in [-0.2, -0.15) is 0 Å². The fraction of sp³-hybridized carbons (Fsp3) is 0.625. The van der Waals surface area contributed by atoms with Crippen LogP contribution in [0.5, 0.6) is 0 Å². The van der Waals surface area contributed by atoms with E-state index in [2.05, 4.69) is 15.2 Å². The molecule has 0 unspecified atom stereocenters. The predicted molar refractivity (Wildman–Crippen MR) is 88.1 cm³/mol. The lowest BCUT2D eigenvalue weighted by molar-refractivity contribution is 0.0899. The van der Waals surface area contributed by atoms with Crippen LogP contribution in [0.15, 0.2) is 18.3 Å². The zero-order valence-corrected chi connectivity index (χ0v) is 14.2. The van der Waals surface area contributed by atoms with E-state index in [1.54, 1.807) is 12.1 Å². The Morgan fingerprint density at radius 3 is 2.61 bits per heavy atom. The lowest BCUT2D eigenvalue weighted by Crippen LogP contribution is -2.52.